The summed E-state index contributed by atoms with van der Waals surface area (Å²) in [5, 5.41) is 22.9. The molecule has 2 fully saturated rings. The van der Waals surface area contributed by atoms with Crippen LogP contribution in [0.5, 0.6) is 0 Å². The molecule has 0 aliphatic heterocycles. The minimum absolute atomic E-state index is 0.00685. The number of benzene rings is 2. The molecular formula is C41H37F13N4O8S2. The number of pyridine rings is 2. The number of amides is 2. The van der Waals surface area contributed by atoms with Gasteiger partial charge in [0.2, 0.25) is 11.8 Å². The molecule has 4 N–H and O–H groups in total. The van der Waals surface area contributed by atoms with E-state index in [1.165, 1.54) is 37.4 Å². The van der Waals surface area contributed by atoms with Crippen LogP contribution in [0.25, 0.3) is 0 Å². The van der Waals surface area contributed by atoms with E-state index >= 15 is 0 Å². The van der Waals surface area contributed by atoms with Crippen molar-refractivity contribution >= 4 is 42.9 Å². The highest BCUT2D eigenvalue weighted by atomic mass is 32.2. The summed E-state index contributed by atoms with van der Waals surface area (Å²) in [6.07, 6.45) is -19.5. The van der Waals surface area contributed by atoms with Gasteiger partial charge in [0.1, 0.15) is 5.82 Å². The largest absolute Gasteiger partial charge is 0.430 e. The predicted octanol–water partition coefficient (Wildman–Crippen LogP) is 7.96. The van der Waals surface area contributed by atoms with Crippen molar-refractivity contribution in [1.82, 2.24) is 9.97 Å². The molecule has 4 aromatic rings. The Bertz CT molecular complexity index is 2510. The summed E-state index contributed by atoms with van der Waals surface area (Å²) in [7, 11) is -7.10. The van der Waals surface area contributed by atoms with Crippen LogP contribution in [0.2, 0.25) is 0 Å². The van der Waals surface area contributed by atoms with Crippen LogP contribution in [0.4, 0.5) is 68.5 Å². The number of anilines is 2. The molecule has 2 aromatic heterocycles. The van der Waals surface area contributed by atoms with E-state index in [9.17, 15) is 93.7 Å². The maximum atomic E-state index is 14.2. The second-order valence-corrected chi connectivity index (χ2v) is 20.0. The molecule has 372 valence electrons. The highest BCUT2D eigenvalue weighted by Gasteiger charge is 2.72. The second-order valence-electron chi connectivity index (χ2n) is 16.0. The number of aliphatic hydroxyl groups is 2. The van der Waals surface area contributed by atoms with Crippen molar-refractivity contribution in [2.75, 3.05) is 22.1 Å². The zero-order chi connectivity index (χ0) is 51.1. The fourth-order valence-electron chi connectivity index (χ4n) is 6.37. The lowest BCUT2D eigenvalue weighted by molar-refractivity contribution is -0.376. The van der Waals surface area contributed by atoms with E-state index in [0.717, 1.165) is 37.9 Å². The number of aromatic nitrogens is 2. The average Bonchev–Trinajstić information content (AvgIpc) is 4.16. The van der Waals surface area contributed by atoms with Gasteiger partial charge >= 0.3 is 24.7 Å². The fraction of sp³-hybridized carbons (Fsp3) is 0.415. The van der Waals surface area contributed by atoms with Crippen LogP contribution in [0.3, 0.4) is 0 Å². The number of hydrogen-bond acceptors (Lipinski definition) is 10. The molecule has 6 rings (SSSR count). The summed E-state index contributed by atoms with van der Waals surface area (Å²) in [4.78, 5) is 32.1. The van der Waals surface area contributed by atoms with E-state index in [1.807, 2.05) is 5.32 Å². The van der Waals surface area contributed by atoms with Crippen molar-refractivity contribution in [3.05, 3.63) is 107 Å². The number of hydrogen-bond donors (Lipinski definition) is 4. The normalized spacial score (nSPS) is 15.3. The van der Waals surface area contributed by atoms with E-state index in [4.69, 9.17) is 0 Å². The second kappa shape index (κ2) is 19.2. The SMILES string of the molecule is Cc1cc(C(O)(C(F)(F)F)C(F)(F)F)ccc1NC(=O)Cc1ccc(S(=O)(=O)CC2CC2)nc1.O=C(Cc1ccc(S(=O)(=O)CC2CC2)nc1)Nc1ccc(C(O)(C(F)(F)F)C(F)(F)F)cc1F. The lowest BCUT2D eigenvalue weighted by Crippen LogP contribution is -2.54. The standard InChI is InChI=1S/C21H20F6N2O4S.C20H17F7N2O4S/c1-12-8-15(19(31,20(22,23)24)21(25,26)27)5-6-16(12)29-17(30)9-14-4-7-18(28-10-14)34(32,33)11-13-2-3-13;21-14-8-13(18(31,19(22,23)24)20(25,26)27)4-5-15(14)29-16(30)7-12-3-6-17(28-9-12)34(32,33)10-11-1-2-11/h4-8,10,13,31H,2-3,9,11H2,1H3,(H,29,30);3-6,8-9,11,31H,1-2,7,10H2,(H,29,30). The van der Waals surface area contributed by atoms with Crippen LogP contribution in [-0.4, -0.2) is 85.0 Å². The molecule has 2 heterocycles. The number of halogens is 13. The first-order valence-corrected chi connectivity index (χ1v) is 23.0. The summed E-state index contributed by atoms with van der Waals surface area (Å²) in [5.74, 6) is -2.99. The Labute approximate surface area is 377 Å². The first kappa shape index (κ1) is 53.5. The first-order valence-electron chi connectivity index (χ1n) is 19.7. The lowest BCUT2D eigenvalue weighted by Gasteiger charge is -2.33. The van der Waals surface area contributed by atoms with Crippen LogP contribution < -0.4 is 10.6 Å². The van der Waals surface area contributed by atoms with Gasteiger partial charge in [-0.05, 0) is 91.5 Å². The molecule has 0 spiro atoms. The zero-order valence-corrected chi connectivity index (χ0v) is 36.3. The van der Waals surface area contributed by atoms with Gasteiger partial charge in [0, 0.05) is 29.2 Å². The van der Waals surface area contributed by atoms with Gasteiger partial charge in [-0.15, -0.1) is 0 Å². The number of aryl methyl sites for hydroxylation is 1. The Hall–Kier alpha value is -5.41. The average molecular weight is 1020 g/mol. The maximum absolute atomic E-state index is 14.2. The fourth-order valence-corrected chi connectivity index (χ4v) is 9.59. The van der Waals surface area contributed by atoms with E-state index in [1.54, 1.807) is 0 Å². The van der Waals surface area contributed by atoms with Crippen LogP contribution >= 0.6 is 0 Å². The van der Waals surface area contributed by atoms with Gasteiger partial charge in [-0.3, -0.25) is 9.59 Å². The Morgan fingerprint density at radius 3 is 1.24 bits per heavy atom. The molecule has 2 aliphatic carbocycles. The number of carbonyl (C=O) groups is 2. The summed E-state index contributed by atoms with van der Waals surface area (Å²) in [6, 6.07) is 7.42. The van der Waals surface area contributed by atoms with Gasteiger partial charge in [-0.2, -0.15) is 52.7 Å². The summed E-state index contributed by atoms with van der Waals surface area (Å²) >= 11 is 0. The monoisotopic (exact) mass is 1020 g/mol. The van der Waals surface area contributed by atoms with Gasteiger partial charge in [-0.25, -0.2) is 31.2 Å². The number of nitrogens with zero attached hydrogens (tertiary/aromatic N) is 2. The summed E-state index contributed by atoms with van der Waals surface area (Å²) < 4.78 is 219. The van der Waals surface area contributed by atoms with Crippen molar-refractivity contribution in [3.63, 3.8) is 0 Å². The van der Waals surface area contributed by atoms with Crippen LogP contribution in [-0.2, 0) is 53.3 Å². The lowest BCUT2D eigenvalue weighted by atomic mass is 9.90. The van der Waals surface area contributed by atoms with E-state index < -0.39 is 96.4 Å². The van der Waals surface area contributed by atoms with Crippen molar-refractivity contribution in [2.45, 2.75) is 91.4 Å². The van der Waals surface area contributed by atoms with Crippen LogP contribution in [0, 0.1) is 24.6 Å². The third-order valence-electron chi connectivity index (χ3n) is 10.5. The molecule has 27 heteroatoms. The third-order valence-corrected chi connectivity index (χ3v) is 14.1. The highest BCUT2D eigenvalue weighted by molar-refractivity contribution is 7.91. The number of nitrogens with one attached hydrogen (secondary N) is 2. The summed E-state index contributed by atoms with van der Waals surface area (Å²) in [5.41, 5.74) is -14.0. The van der Waals surface area contributed by atoms with Gasteiger partial charge in [0.05, 0.1) is 30.0 Å². The smallest absolute Gasteiger partial charge is 0.369 e. The topological polar surface area (TPSA) is 193 Å². The van der Waals surface area contributed by atoms with Crippen molar-refractivity contribution in [2.24, 2.45) is 11.8 Å². The number of alkyl halides is 12. The molecule has 12 nitrogen and oxygen atoms in total. The molecule has 0 radical (unpaired) electrons. The van der Waals surface area contributed by atoms with Crippen molar-refractivity contribution in [1.29, 1.82) is 0 Å². The molecular weight excluding hydrogens is 988 g/mol. The Kier molecular flexibility index (Phi) is 15.1. The van der Waals surface area contributed by atoms with Crippen molar-refractivity contribution in [3.8, 4) is 0 Å². The maximum Gasteiger partial charge on any atom is 0.430 e. The quantitative estimate of drug-likeness (QED) is 0.0901. The van der Waals surface area contributed by atoms with Gasteiger partial charge < -0.3 is 20.8 Å². The van der Waals surface area contributed by atoms with Gasteiger partial charge in [-0.1, -0.05) is 30.3 Å². The highest BCUT2D eigenvalue weighted by Crippen LogP contribution is 2.51. The number of carbonyl (C=O) groups excluding carboxylic acids is 2. The van der Waals surface area contributed by atoms with Gasteiger partial charge in [0.25, 0.3) is 11.2 Å². The third kappa shape index (κ3) is 12.2. The van der Waals surface area contributed by atoms with Gasteiger partial charge in [0.15, 0.2) is 29.7 Å². The molecule has 0 saturated heterocycles. The van der Waals surface area contributed by atoms with Crippen LogP contribution in [0.15, 0.2) is 83.1 Å². The molecule has 2 saturated carbocycles. The minimum atomic E-state index is -6.19. The molecule has 2 aliphatic rings. The van der Waals surface area contributed by atoms with Crippen molar-refractivity contribution < 1.29 is 93.7 Å². The molecule has 0 bridgehead atoms. The minimum Gasteiger partial charge on any atom is -0.369 e. The number of sulfone groups is 2. The molecule has 68 heavy (non-hydrogen) atoms. The number of rotatable bonds is 14. The van der Waals surface area contributed by atoms with E-state index in [0.29, 0.717) is 23.8 Å². The van der Waals surface area contributed by atoms with E-state index in [-0.39, 0.29) is 68.8 Å². The zero-order valence-electron chi connectivity index (χ0n) is 34.7. The van der Waals surface area contributed by atoms with Crippen LogP contribution in [0.1, 0.15) is 53.5 Å². The van der Waals surface area contributed by atoms with E-state index in [2.05, 4.69) is 15.3 Å². The molecule has 2 amide bonds. The molecule has 2 aromatic carbocycles. The Morgan fingerprint density at radius 1 is 0.574 bits per heavy atom. The Morgan fingerprint density at radius 2 is 0.926 bits per heavy atom. The summed E-state index contributed by atoms with van der Waals surface area (Å²) in [6.45, 7) is 1.17. The predicted molar refractivity (Wildman–Crippen MR) is 212 cm³/mol. The molecule has 0 unspecified atom stereocenters. The Balaban J connectivity index is 0.000000254. The first-order chi connectivity index (χ1) is 31.1. The molecule has 0 atom stereocenters.